The van der Waals surface area contributed by atoms with E-state index >= 15 is 0 Å². The number of nitriles is 2. The molecule has 0 radical (unpaired) electrons. The Hall–Kier alpha value is -3.64. The van der Waals surface area contributed by atoms with E-state index in [0.29, 0.717) is 24.3 Å². The Labute approximate surface area is 145 Å². The van der Waals surface area contributed by atoms with E-state index in [2.05, 4.69) is 6.07 Å². The Balaban J connectivity index is 1.98. The summed E-state index contributed by atoms with van der Waals surface area (Å²) < 4.78 is 0. The molecule has 0 atom stereocenters. The van der Waals surface area contributed by atoms with Crippen LogP contribution in [0.25, 0.3) is 6.08 Å². The fourth-order valence-electron chi connectivity index (χ4n) is 3.00. The lowest BCUT2D eigenvalue weighted by Gasteiger charge is -2.30. The smallest absolute Gasteiger partial charge is 0.293 e. The molecule has 0 saturated carbocycles. The largest absolute Gasteiger partial charge is 0.361 e. The van der Waals surface area contributed by atoms with Crippen molar-refractivity contribution in [3.05, 3.63) is 74.8 Å². The highest BCUT2D eigenvalue weighted by Crippen LogP contribution is 2.33. The minimum atomic E-state index is -0.425. The number of hydrogen-bond acceptors (Lipinski definition) is 5. The molecule has 0 spiro atoms. The van der Waals surface area contributed by atoms with Gasteiger partial charge in [0.25, 0.3) is 5.69 Å². The molecule has 1 aliphatic heterocycles. The topological polar surface area (TPSA) is 94.0 Å². The van der Waals surface area contributed by atoms with E-state index in [0.717, 1.165) is 6.42 Å². The van der Waals surface area contributed by atoms with Crippen molar-refractivity contribution >= 4 is 17.5 Å². The second-order valence-corrected chi connectivity index (χ2v) is 5.73. The van der Waals surface area contributed by atoms with Crippen molar-refractivity contribution in [2.45, 2.75) is 13.0 Å². The van der Waals surface area contributed by atoms with Gasteiger partial charge in [-0.2, -0.15) is 10.5 Å². The van der Waals surface area contributed by atoms with E-state index in [4.69, 9.17) is 10.5 Å². The summed E-state index contributed by atoms with van der Waals surface area (Å²) in [7, 11) is 0. The highest BCUT2D eigenvalue weighted by Gasteiger charge is 2.23. The van der Waals surface area contributed by atoms with E-state index in [1.165, 1.54) is 23.3 Å². The summed E-state index contributed by atoms with van der Waals surface area (Å²) in [5, 5.41) is 29.2. The molecule has 2 aromatic carbocycles. The summed E-state index contributed by atoms with van der Waals surface area (Å²) in [6.45, 7) is 1.32. The molecule has 0 N–H and O–H groups in total. The third-order valence-electron chi connectivity index (χ3n) is 4.22. The van der Waals surface area contributed by atoms with Gasteiger partial charge < -0.3 is 4.90 Å². The van der Waals surface area contributed by atoms with Gasteiger partial charge in [-0.25, -0.2) is 0 Å². The molecule has 122 valence electrons. The van der Waals surface area contributed by atoms with Crippen LogP contribution < -0.4 is 4.90 Å². The Morgan fingerprint density at radius 2 is 1.88 bits per heavy atom. The SMILES string of the molecule is N#CC(C#N)=Cc1ccc(N2CCc3ccccc3C2)c([N+](=O)[O-])c1. The van der Waals surface area contributed by atoms with Crippen molar-refractivity contribution in [2.24, 2.45) is 0 Å². The molecule has 2 aromatic rings. The summed E-state index contributed by atoms with van der Waals surface area (Å²) in [5.41, 5.74) is 3.34. The highest BCUT2D eigenvalue weighted by atomic mass is 16.6. The zero-order valence-corrected chi connectivity index (χ0v) is 13.3. The average molecular weight is 330 g/mol. The molecule has 0 aromatic heterocycles. The molecule has 1 aliphatic rings. The van der Waals surface area contributed by atoms with E-state index in [9.17, 15) is 10.1 Å². The Morgan fingerprint density at radius 3 is 2.56 bits per heavy atom. The van der Waals surface area contributed by atoms with Gasteiger partial charge in [0.15, 0.2) is 0 Å². The summed E-state index contributed by atoms with van der Waals surface area (Å²) in [5.74, 6) is 0. The van der Waals surface area contributed by atoms with Crippen LogP contribution in [0.4, 0.5) is 11.4 Å². The van der Waals surface area contributed by atoms with E-state index in [1.54, 1.807) is 24.3 Å². The van der Waals surface area contributed by atoms with Crippen LogP contribution in [0.1, 0.15) is 16.7 Å². The predicted molar refractivity (Wildman–Crippen MR) is 93.5 cm³/mol. The maximum atomic E-state index is 11.5. The normalized spacial score (nSPS) is 12.5. The van der Waals surface area contributed by atoms with Crippen LogP contribution in [0.2, 0.25) is 0 Å². The lowest BCUT2D eigenvalue weighted by Crippen LogP contribution is -2.30. The van der Waals surface area contributed by atoms with Crippen LogP contribution >= 0.6 is 0 Å². The molecule has 0 amide bonds. The third-order valence-corrected chi connectivity index (χ3v) is 4.22. The van der Waals surface area contributed by atoms with Crippen molar-refractivity contribution in [1.29, 1.82) is 10.5 Å². The van der Waals surface area contributed by atoms with Gasteiger partial charge in [0.2, 0.25) is 0 Å². The van der Waals surface area contributed by atoms with Gasteiger partial charge in [0.05, 0.1) is 4.92 Å². The number of nitrogens with zero attached hydrogens (tertiary/aromatic N) is 4. The number of nitro benzene ring substituents is 1. The molecule has 0 fully saturated rings. The van der Waals surface area contributed by atoms with Crippen LogP contribution in [0.15, 0.2) is 48.0 Å². The first kappa shape index (κ1) is 16.2. The van der Waals surface area contributed by atoms with Crippen molar-refractivity contribution in [3.8, 4) is 12.1 Å². The van der Waals surface area contributed by atoms with Crippen LogP contribution in [-0.2, 0) is 13.0 Å². The highest BCUT2D eigenvalue weighted by molar-refractivity contribution is 5.71. The minimum Gasteiger partial charge on any atom is -0.361 e. The van der Waals surface area contributed by atoms with Gasteiger partial charge in [0.1, 0.15) is 23.4 Å². The third kappa shape index (κ3) is 3.34. The summed E-state index contributed by atoms with van der Waals surface area (Å²) in [6, 6.07) is 16.4. The monoisotopic (exact) mass is 330 g/mol. The molecule has 0 aliphatic carbocycles. The number of nitro groups is 1. The first-order valence-electron chi connectivity index (χ1n) is 7.74. The van der Waals surface area contributed by atoms with Crippen molar-refractivity contribution < 1.29 is 4.92 Å². The van der Waals surface area contributed by atoms with E-state index in [1.807, 2.05) is 23.1 Å². The van der Waals surface area contributed by atoms with Gasteiger partial charge >= 0.3 is 0 Å². The summed E-state index contributed by atoms with van der Waals surface area (Å²) in [4.78, 5) is 13.1. The van der Waals surface area contributed by atoms with E-state index in [-0.39, 0.29) is 11.3 Å². The molecular formula is C19H14N4O2. The molecule has 6 nitrogen and oxygen atoms in total. The Kier molecular flexibility index (Phi) is 4.45. The summed E-state index contributed by atoms with van der Waals surface area (Å²) in [6.07, 6.45) is 2.18. The number of allylic oxidation sites excluding steroid dienone is 1. The molecule has 25 heavy (non-hydrogen) atoms. The lowest BCUT2D eigenvalue weighted by molar-refractivity contribution is -0.384. The molecule has 1 heterocycles. The van der Waals surface area contributed by atoms with Gasteiger partial charge in [-0.3, -0.25) is 10.1 Å². The molecule has 6 heteroatoms. The second kappa shape index (κ2) is 6.86. The van der Waals surface area contributed by atoms with Gasteiger partial charge in [-0.15, -0.1) is 0 Å². The fourth-order valence-corrected chi connectivity index (χ4v) is 3.00. The number of benzene rings is 2. The maximum Gasteiger partial charge on any atom is 0.293 e. The number of hydrogen-bond donors (Lipinski definition) is 0. The number of fused-ring (bicyclic) bond motifs is 1. The van der Waals surface area contributed by atoms with Crippen molar-refractivity contribution in [3.63, 3.8) is 0 Å². The lowest BCUT2D eigenvalue weighted by atomic mass is 9.99. The number of rotatable bonds is 3. The molecule has 0 bridgehead atoms. The Bertz CT molecular complexity index is 935. The van der Waals surface area contributed by atoms with Gasteiger partial charge in [-0.05, 0) is 35.3 Å². The van der Waals surface area contributed by atoms with Crippen LogP contribution in [0.5, 0.6) is 0 Å². The maximum absolute atomic E-state index is 11.5. The zero-order valence-electron chi connectivity index (χ0n) is 13.3. The minimum absolute atomic E-state index is 0.0247. The molecule has 0 unspecified atom stereocenters. The zero-order chi connectivity index (χ0) is 17.8. The predicted octanol–water partition coefficient (Wildman–Crippen LogP) is 3.59. The van der Waals surface area contributed by atoms with Crippen molar-refractivity contribution in [1.82, 2.24) is 0 Å². The number of anilines is 1. The molecule has 0 saturated heterocycles. The van der Waals surface area contributed by atoms with Crippen LogP contribution in [0, 0.1) is 32.8 Å². The quantitative estimate of drug-likeness (QED) is 0.487. The molecule has 3 rings (SSSR count). The van der Waals surface area contributed by atoms with Crippen LogP contribution in [0.3, 0.4) is 0 Å². The van der Waals surface area contributed by atoms with Crippen molar-refractivity contribution in [2.75, 3.05) is 11.4 Å². The fraction of sp³-hybridized carbons (Fsp3) is 0.158. The Morgan fingerprint density at radius 1 is 1.16 bits per heavy atom. The average Bonchev–Trinajstić information content (AvgIpc) is 2.65. The summed E-state index contributed by atoms with van der Waals surface area (Å²) >= 11 is 0. The van der Waals surface area contributed by atoms with Gasteiger partial charge in [-0.1, -0.05) is 30.3 Å². The van der Waals surface area contributed by atoms with Crippen LogP contribution in [-0.4, -0.2) is 11.5 Å². The first-order valence-corrected chi connectivity index (χ1v) is 7.74. The second-order valence-electron chi connectivity index (χ2n) is 5.73. The first-order chi connectivity index (χ1) is 12.1. The van der Waals surface area contributed by atoms with Gasteiger partial charge in [0, 0.05) is 19.2 Å². The molecular weight excluding hydrogens is 316 g/mol. The standard InChI is InChI=1S/C19H14N4O2/c20-11-15(12-21)9-14-5-6-18(19(10-14)23(24)25)22-8-7-16-3-1-2-4-17(16)13-22/h1-6,9-10H,7-8,13H2. The van der Waals surface area contributed by atoms with E-state index < -0.39 is 4.92 Å².